The van der Waals surface area contributed by atoms with E-state index in [9.17, 15) is 4.79 Å². The predicted molar refractivity (Wildman–Crippen MR) is 72.2 cm³/mol. The lowest BCUT2D eigenvalue weighted by molar-refractivity contribution is 0.0689. The summed E-state index contributed by atoms with van der Waals surface area (Å²) in [6.07, 6.45) is 3.51. The van der Waals surface area contributed by atoms with E-state index >= 15 is 0 Å². The van der Waals surface area contributed by atoms with E-state index < -0.39 is 5.97 Å². The first-order chi connectivity index (χ1) is 8.69. The smallest absolute Gasteiger partial charge is 0.356 e. The van der Waals surface area contributed by atoms with Crippen molar-refractivity contribution in [3.8, 4) is 0 Å². The van der Waals surface area contributed by atoms with E-state index in [2.05, 4.69) is 22.4 Å². The fourth-order valence-corrected chi connectivity index (χ4v) is 3.33. The Bertz CT molecular complexity index is 410. The third kappa shape index (κ3) is 3.35. The summed E-state index contributed by atoms with van der Waals surface area (Å²) in [5, 5.41) is 20.3. The molecule has 2 unspecified atom stereocenters. The largest absolute Gasteiger partial charge is 0.476 e. The Morgan fingerprint density at radius 3 is 2.94 bits per heavy atom. The van der Waals surface area contributed by atoms with Crippen molar-refractivity contribution in [3.05, 3.63) is 17.8 Å². The minimum absolute atomic E-state index is 0.0219. The Labute approximate surface area is 110 Å². The molecule has 1 aliphatic rings. The first-order valence-electron chi connectivity index (χ1n) is 6.14. The van der Waals surface area contributed by atoms with Crippen LogP contribution in [0.2, 0.25) is 0 Å². The second-order valence-corrected chi connectivity index (χ2v) is 5.92. The van der Waals surface area contributed by atoms with Crippen molar-refractivity contribution in [2.24, 2.45) is 0 Å². The van der Waals surface area contributed by atoms with E-state index in [0.717, 1.165) is 23.8 Å². The van der Waals surface area contributed by atoms with Gasteiger partial charge < -0.3 is 10.4 Å². The summed E-state index contributed by atoms with van der Waals surface area (Å²) in [7, 11) is 0. The van der Waals surface area contributed by atoms with Crippen LogP contribution in [0.15, 0.2) is 12.1 Å². The van der Waals surface area contributed by atoms with Gasteiger partial charge in [0.25, 0.3) is 0 Å². The maximum atomic E-state index is 10.6. The Kier molecular flexibility index (Phi) is 4.41. The number of aromatic carboxylic acids is 1. The van der Waals surface area contributed by atoms with Gasteiger partial charge in [0.05, 0.1) is 0 Å². The molecule has 1 aliphatic carbocycles. The molecule has 98 valence electrons. The van der Waals surface area contributed by atoms with Crippen LogP contribution in [0.5, 0.6) is 0 Å². The normalized spacial score (nSPS) is 22.9. The topological polar surface area (TPSA) is 75.1 Å². The summed E-state index contributed by atoms with van der Waals surface area (Å²) < 4.78 is 0. The van der Waals surface area contributed by atoms with Crippen LogP contribution in [-0.4, -0.2) is 38.3 Å². The van der Waals surface area contributed by atoms with Crippen molar-refractivity contribution in [2.45, 2.75) is 37.5 Å². The number of carboxylic acid groups (broad SMARTS) is 1. The highest BCUT2D eigenvalue weighted by molar-refractivity contribution is 7.99. The van der Waals surface area contributed by atoms with Crippen LogP contribution in [0.4, 0.5) is 5.82 Å². The molecule has 0 saturated heterocycles. The zero-order valence-electron chi connectivity index (χ0n) is 10.3. The standard InChI is InChI=1S/C12H17N3O2S/c1-2-18-9-4-3-8(7-9)13-11-6-5-10(12(16)17)14-15-11/h5-6,8-9H,2-4,7H2,1H3,(H,13,15)(H,16,17). The number of nitrogens with one attached hydrogen (secondary N) is 1. The molecule has 1 aromatic heterocycles. The molecule has 18 heavy (non-hydrogen) atoms. The summed E-state index contributed by atoms with van der Waals surface area (Å²) in [5.41, 5.74) is -0.0219. The SMILES string of the molecule is CCSC1CCC(Nc2ccc(C(=O)O)nn2)C1. The molecule has 0 bridgehead atoms. The summed E-state index contributed by atoms with van der Waals surface area (Å²) in [6, 6.07) is 3.58. The second-order valence-electron chi connectivity index (χ2n) is 4.34. The Hall–Kier alpha value is -1.30. The van der Waals surface area contributed by atoms with E-state index in [1.807, 2.05) is 11.8 Å². The highest BCUT2D eigenvalue weighted by atomic mass is 32.2. The number of carbonyl (C=O) groups is 1. The fourth-order valence-electron chi connectivity index (χ4n) is 2.19. The number of anilines is 1. The maximum absolute atomic E-state index is 10.6. The second kappa shape index (κ2) is 6.04. The first-order valence-corrected chi connectivity index (χ1v) is 7.19. The lowest BCUT2D eigenvalue weighted by Gasteiger charge is -2.13. The first kappa shape index (κ1) is 13.1. The third-order valence-electron chi connectivity index (χ3n) is 3.02. The Morgan fingerprint density at radius 1 is 1.50 bits per heavy atom. The number of rotatable bonds is 5. The van der Waals surface area contributed by atoms with Crippen molar-refractivity contribution < 1.29 is 9.90 Å². The van der Waals surface area contributed by atoms with Gasteiger partial charge in [0.1, 0.15) is 5.82 Å². The van der Waals surface area contributed by atoms with Crippen LogP contribution < -0.4 is 5.32 Å². The minimum atomic E-state index is -1.05. The van der Waals surface area contributed by atoms with E-state index in [-0.39, 0.29) is 5.69 Å². The maximum Gasteiger partial charge on any atom is 0.356 e. The van der Waals surface area contributed by atoms with Gasteiger partial charge >= 0.3 is 5.97 Å². The number of hydrogen-bond acceptors (Lipinski definition) is 5. The molecule has 6 heteroatoms. The number of nitrogens with zero attached hydrogens (tertiary/aromatic N) is 2. The zero-order chi connectivity index (χ0) is 13.0. The van der Waals surface area contributed by atoms with Crippen molar-refractivity contribution in [1.82, 2.24) is 10.2 Å². The molecule has 1 fully saturated rings. The van der Waals surface area contributed by atoms with E-state index in [0.29, 0.717) is 11.9 Å². The molecule has 1 heterocycles. The number of thioether (sulfide) groups is 1. The van der Waals surface area contributed by atoms with Crippen molar-refractivity contribution in [3.63, 3.8) is 0 Å². The van der Waals surface area contributed by atoms with E-state index in [1.165, 1.54) is 12.5 Å². The number of hydrogen-bond donors (Lipinski definition) is 2. The van der Waals surface area contributed by atoms with Crippen molar-refractivity contribution in [1.29, 1.82) is 0 Å². The van der Waals surface area contributed by atoms with Crippen LogP contribution in [0.25, 0.3) is 0 Å². The van der Waals surface area contributed by atoms with Gasteiger partial charge in [-0.15, -0.1) is 10.2 Å². The number of carboxylic acids is 1. The third-order valence-corrected chi connectivity index (χ3v) is 4.26. The summed E-state index contributed by atoms with van der Waals surface area (Å²) in [5.74, 6) is 0.770. The summed E-state index contributed by atoms with van der Waals surface area (Å²) >= 11 is 2.01. The summed E-state index contributed by atoms with van der Waals surface area (Å²) in [4.78, 5) is 10.6. The molecule has 1 saturated carbocycles. The Morgan fingerprint density at radius 2 is 2.33 bits per heavy atom. The lowest BCUT2D eigenvalue weighted by atomic mass is 10.2. The van der Waals surface area contributed by atoms with Crippen LogP contribution >= 0.6 is 11.8 Å². The fraction of sp³-hybridized carbons (Fsp3) is 0.583. The zero-order valence-corrected chi connectivity index (χ0v) is 11.1. The van der Waals surface area contributed by atoms with Crippen molar-refractivity contribution in [2.75, 3.05) is 11.1 Å². The predicted octanol–water partition coefficient (Wildman–Crippen LogP) is 2.26. The highest BCUT2D eigenvalue weighted by Crippen LogP contribution is 2.31. The molecular weight excluding hydrogens is 250 g/mol. The lowest BCUT2D eigenvalue weighted by Crippen LogP contribution is -2.17. The van der Waals surface area contributed by atoms with Crippen LogP contribution in [0.3, 0.4) is 0 Å². The molecule has 2 N–H and O–H groups in total. The minimum Gasteiger partial charge on any atom is -0.476 e. The van der Waals surface area contributed by atoms with Gasteiger partial charge in [-0.3, -0.25) is 0 Å². The van der Waals surface area contributed by atoms with Crippen LogP contribution in [-0.2, 0) is 0 Å². The Balaban J connectivity index is 1.88. The van der Waals surface area contributed by atoms with Crippen LogP contribution in [0, 0.1) is 0 Å². The van der Waals surface area contributed by atoms with Gasteiger partial charge in [0.15, 0.2) is 5.69 Å². The average molecular weight is 267 g/mol. The van der Waals surface area contributed by atoms with Gasteiger partial charge in [-0.1, -0.05) is 6.92 Å². The molecule has 0 aliphatic heterocycles. The number of aromatic nitrogens is 2. The summed E-state index contributed by atoms with van der Waals surface area (Å²) in [6.45, 7) is 2.18. The highest BCUT2D eigenvalue weighted by Gasteiger charge is 2.24. The molecule has 2 atom stereocenters. The molecular formula is C12H17N3O2S. The molecule has 0 radical (unpaired) electrons. The van der Waals surface area contributed by atoms with E-state index in [4.69, 9.17) is 5.11 Å². The van der Waals surface area contributed by atoms with Gasteiger partial charge in [-0.25, -0.2) is 4.79 Å². The van der Waals surface area contributed by atoms with Crippen molar-refractivity contribution >= 4 is 23.5 Å². The quantitative estimate of drug-likeness (QED) is 0.852. The molecule has 0 amide bonds. The molecule has 5 nitrogen and oxygen atoms in total. The molecule has 0 aromatic carbocycles. The van der Waals surface area contributed by atoms with Gasteiger partial charge in [0.2, 0.25) is 0 Å². The van der Waals surface area contributed by atoms with Gasteiger partial charge in [-0.2, -0.15) is 11.8 Å². The van der Waals surface area contributed by atoms with Crippen LogP contribution in [0.1, 0.15) is 36.7 Å². The monoisotopic (exact) mass is 267 g/mol. The van der Waals surface area contributed by atoms with Gasteiger partial charge in [-0.05, 0) is 37.1 Å². The molecule has 1 aromatic rings. The van der Waals surface area contributed by atoms with E-state index in [1.54, 1.807) is 6.07 Å². The average Bonchev–Trinajstić information content (AvgIpc) is 2.78. The molecule has 2 rings (SSSR count). The van der Waals surface area contributed by atoms with Gasteiger partial charge in [0, 0.05) is 11.3 Å². The molecule has 0 spiro atoms.